The number of nitrogens with one attached hydrogen (secondary N) is 3. The van der Waals surface area contributed by atoms with Crippen LogP contribution in [0, 0.1) is 5.21 Å². The Hall–Kier alpha value is -2.00. The number of thiocarbonyl (C=S) groups is 1. The number of carbonyl (C=O) groups is 1. The maximum atomic E-state index is 12.4. The zero-order valence-corrected chi connectivity index (χ0v) is 13.9. The topological polar surface area (TPSA) is 98.1 Å². The molecule has 0 radical (unpaired) electrons. The van der Waals surface area contributed by atoms with Crippen molar-refractivity contribution in [3.63, 3.8) is 0 Å². The number of hydrogen-bond donors (Lipinski definition) is 4. The Kier molecular flexibility index (Phi) is 5.32. The van der Waals surface area contributed by atoms with Crippen molar-refractivity contribution < 1.29 is 20.0 Å². The molecular weight excluding hydrogens is 318 g/mol. The molecule has 1 aliphatic heterocycles. The molecule has 4 N–H and O–H groups in total. The third kappa shape index (κ3) is 4.05. The van der Waals surface area contributed by atoms with Crippen LogP contribution in [0.15, 0.2) is 35.5 Å². The average Bonchev–Trinajstić information content (AvgIpc) is 2.45. The zero-order valence-electron chi connectivity index (χ0n) is 13.0. The van der Waals surface area contributed by atoms with Gasteiger partial charge < -0.3 is 20.6 Å². The molecule has 2 atom stereocenters. The Morgan fingerprint density at radius 3 is 2.52 bits per heavy atom. The van der Waals surface area contributed by atoms with Crippen molar-refractivity contribution in [1.82, 2.24) is 10.6 Å². The Bertz CT molecular complexity index is 641. The zero-order chi connectivity index (χ0) is 17.1. The lowest BCUT2D eigenvalue weighted by molar-refractivity contribution is -0.991. The van der Waals surface area contributed by atoms with Gasteiger partial charge >= 0.3 is 5.97 Å². The predicted molar refractivity (Wildman–Crippen MR) is 87.8 cm³/mol. The van der Waals surface area contributed by atoms with Crippen molar-refractivity contribution in [2.75, 3.05) is 0 Å². The first-order chi connectivity index (χ1) is 10.8. The molecule has 1 aromatic rings. The first-order valence-electron chi connectivity index (χ1n) is 7.12. The summed E-state index contributed by atoms with van der Waals surface area (Å²) in [5.74, 6) is -0.438. The van der Waals surface area contributed by atoms with Crippen molar-refractivity contribution in [3.05, 3.63) is 46.3 Å². The highest BCUT2D eigenvalue weighted by Crippen LogP contribution is 2.28. The summed E-state index contributed by atoms with van der Waals surface area (Å²) >= 11 is 5.15. The lowest BCUT2D eigenvalue weighted by Crippen LogP contribution is -2.99. The van der Waals surface area contributed by atoms with Crippen LogP contribution in [0.1, 0.15) is 32.4 Å². The fourth-order valence-electron chi connectivity index (χ4n) is 2.31. The van der Waals surface area contributed by atoms with Gasteiger partial charge in [-0.3, -0.25) is 0 Å². The highest BCUT2D eigenvalue weighted by Gasteiger charge is 2.31. The Morgan fingerprint density at radius 1 is 1.39 bits per heavy atom. The van der Waals surface area contributed by atoms with E-state index in [0.717, 1.165) is 5.56 Å². The molecule has 23 heavy (non-hydrogen) atoms. The average molecular weight is 337 g/mol. The van der Waals surface area contributed by atoms with Crippen molar-refractivity contribution in [2.45, 2.75) is 32.9 Å². The van der Waals surface area contributed by atoms with Crippen LogP contribution in [0.4, 0.5) is 5.69 Å². The van der Waals surface area contributed by atoms with Gasteiger partial charge in [0.05, 0.1) is 17.7 Å². The minimum absolute atomic E-state index is 0.178. The summed E-state index contributed by atoms with van der Waals surface area (Å²) in [6, 6.07) is 5.81. The molecule has 0 aliphatic carbocycles. The third-order valence-electron chi connectivity index (χ3n) is 3.32. The van der Waals surface area contributed by atoms with Crippen LogP contribution < -0.4 is 15.9 Å². The van der Waals surface area contributed by atoms with Gasteiger partial charge in [0, 0.05) is 17.8 Å². The summed E-state index contributed by atoms with van der Waals surface area (Å²) in [4.78, 5) is 12.4. The maximum Gasteiger partial charge on any atom is 0.338 e. The summed E-state index contributed by atoms with van der Waals surface area (Å²) in [6.07, 6.45) is -0.244. The second kappa shape index (κ2) is 7.05. The van der Waals surface area contributed by atoms with Gasteiger partial charge in [0.1, 0.15) is 0 Å². The molecule has 0 spiro atoms. The van der Waals surface area contributed by atoms with E-state index in [-0.39, 0.29) is 11.8 Å². The van der Waals surface area contributed by atoms with Crippen LogP contribution in [-0.4, -0.2) is 22.4 Å². The maximum absolute atomic E-state index is 12.4. The molecule has 0 aromatic heterocycles. The van der Waals surface area contributed by atoms with Crippen LogP contribution >= 0.6 is 12.2 Å². The van der Waals surface area contributed by atoms with Crippen molar-refractivity contribution in [3.8, 4) is 0 Å². The molecule has 2 rings (SSSR count). The van der Waals surface area contributed by atoms with Crippen molar-refractivity contribution >= 4 is 29.0 Å². The van der Waals surface area contributed by atoms with Gasteiger partial charge in [-0.15, -0.1) is 0 Å². The van der Waals surface area contributed by atoms with Crippen molar-refractivity contribution in [1.29, 1.82) is 0 Å². The lowest BCUT2D eigenvalue weighted by Gasteiger charge is -2.30. The summed E-state index contributed by atoms with van der Waals surface area (Å²) < 4.78 is 5.29. The van der Waals surface area contributed by atoms with Crippen LogP contribution in [0.3, 0.4) is 0 Å². The standard InChI is InChI=1S/C15H19N3O4S/c1-8(2)22-14(19)12-9(3)16-15(23)17-13(12)10-4-6-11(7-5-10)18(20)21/h4-8,13,18,20H,1-3H3,(H2,16,17,23)/t13-/m1/s1. The molecule has 1 heterocycles. The molecule has 0 amide bonds. The Balaban J connectivity index is 2.38. The molecule has 0 saturated heterocycles. The first-order valence-corrected chi connectivity index (χ1v) is 7.53. The van der Waals surface area contributed by atoms with E-state index < -0.39 is 17.2 Å². The van der Waals surface area contributed by atoms with Crippen molar-refractivity contribution in [2.24, 2.45) is 0 Å². The Morgan fingerprint density at radius 2 is 2.00 bits per heavy atom. The van der Waals surface area contributed by atoms with E-state index in [9.17, 15) is 10.0 Å². The minimum Gasteiger partial charge on any atom is -0.595 e. The number of rotatable bonds is 4. The number of allylic oxidation sites excluding steroid dienone is 1. The smallest absolute Gasteiger partial charge is 0.338 e. The fourth-order valence-corrected chi connectivity index (χ4v) is 2.58. The first kappa shape index (κ1) is 17.4. The van der Waals surface area contributed by atoms with Crippen LogP contribution in [-0.2, 0) is 9.53 Å². The van der Waals surface area contributed by atoms with E-state index in [1.807, 2.05) is 0 Å². The number of ether oxygens (including phenoxy) is 1. The van der Waals surface area contributed by atoms with Gasteiger partial charge in [0.2, 0.25) is 0 Å². The summed E-state index contributed by atoms with van der Waals surface area (Å²) in [7, 11) is 0. The minimum atomic E-state index is -1.00. The molecule has 1 aliphatic rings. The van der Waals surface area contributed by atoms with E-state index >= 15 is 0 Å². The SMILES string of the molecule is CC1=C(C(=O)OC(C)C)[C@@H](c2ccc([NH+]([O-])O)cc2)NC(=S)N1. The number of hydrogen-bond acceptors (Lipinski definition) is 5. The van der Waals surface area contributed by atoms with Gasteiger partial charge in [-0.25, -0.2) is 10.0 Å². The number of esters is 1. The Labute approximate surface area is 139 Å². The molecule has 8 heteroatoms. The largest absolute Gasteiger partial charge is 0.595 e. The van der Waals surface area contributed by atoms with Gasteiger partial charge in [-0.1, -0.05) is 12.1 Å². The quantitative estimate of drug-likeness (QED) is 0.367. The van der Waals surface area contributed by atoms with E-state index in [1.54, 1.807) is 32.9 Å². The number of carbonyl (C=O) groups excluding carboxylic acids is 1. The normalized spacial score (nSPS) is 19.2. The fraction of sp³-hybridized carbons (Fsp3) is 0.333. The predicted octanol–water partition coefficient (Wildman–Crippen LogP) is 0.834. The summed E-state index contributed by atoms with van der Waals surface area (Å²) in [5, 5.41) is 25.3. The molecular formula is C15H19N3O4S. The van der Waals surface area contributed by atoms with E-state index in [1.165, 1.54) is 12.1 Å². The van der Waals surface area contributed by atoms with Crippen LogP contribution in [0.2, 0.25) is 0 Å². The number of benzene rings is 1. The van der Waals surface area contributed by atoms with Gasteiger partial charge in [0.15, 0.2) is 10.8 Å². The molecule has 0 fully saturated rings. The van der Waals surface area contributed by atoms with Gasteiger partial charge in [0.25, 0.3) is 0 Å². The molecule has 1 unspecified atom stereocenters. The summed E-state index contributed by atoms with van der Waals surface area (Å²) in [5.41, 5.74) is 1.95. The highest BCUT2D eigenvalue weighted by molar-refractivity contribution is 7.80. The second-order valence-corrected chi connectivity index (χ2v) is 5.86. The highest BCUT2D eigenvalue weighted by atomic mass is 32.1. The van der Waals surface area contributed by atoms with E-state index in [0.29, 0.717) is 16.4 Å². The number of quaternary nitrogens is 1. The molecule has 7 nitrogen and oxygen atoms in total. The van der Waals surface area contributed by atoms with Gasteiger partial charge in [-0.2, -0.15) is 5.23 Å². The summed E-state index contributed by atoms with van der Waals surface area (Å²) in [6.45, 7) is 5.31. The van der Waals surface area contributed by atoms with Gasteiger partial charge in [-0.05, 0) is 38.6 Å². The molecule has 124 valence electrons. The molecule has 0 saturated carbocycles. The van der Waals surface area contributed by atoms with Crippen LogP contribution in [0.5, 0.6) is 0 Å². The van der Waals surface area contributed by atoms with Crippen LogP contribution in [0.25, 0.3) is 0 Å². The second-order valence-electron chi connectivity index (χ2n) is 5.45. The third-order valence-corrected chi connectivity index (χ3v) is 3.54. The molecule has 0 bridgehead atoms. The van der Waals surface area contributed by atoms with E-state index in [4.69, 9.17) is 22.2 Å². The van der Waals surface area contributed by atoms with E-state index in [2.05, 4.69) is 10.6 Å². The lowest BCUT2D eigenvalue weighted by atomic mass is 9.95. The monoisotopic (exact) mass is 337 g/mol. The molecule has 1 aromatic carbocycles.